The number of carbonyl (C=O) groups excluding carboxylic acids is 1. The van der Waals surface area contributed by atoms with Crippen molar-refractivity contribution in [1.29, 1.82) is 0 Å². The average molecular weight is 263 g/mol. The largest absolute Gasteiger partial charge is 0.480 e. The van der Waals surface area contributed by atoms with Gasteiger partial charge in [0.25, 0.3) is 0 Å². The Morgan fingerprint density at radius 3 is 2.32 bits per heavy atom. The van der Waals surface area contributed by atoms with Crippen LogP contribution < -0.4 is 5.32 Å². The molecule has 0 saturated heterocycles. The van der Waals surface area contributed by atoms with Gasteiger partial charge in [-0.15, -0.1) is 0 Å². The van der Waals surface area contributed by atoms with Crippen molar-refractivity contribution in [1.82, 2.24) is 5.32 Å². The normalized spacial score (nSPS) is 13.6. The van der Waals surface area contributed by atoms with Crippen LogP contribution in [0, 0.1) is 6.92 Å². The van der Waals surface area contributed by atoms with Gasteiger partial charge in [0.1, 0.15) is 6.04 Å². The summed E-state index contributed by atoms with van der Waals surface area (Å²) in [6.07, 6.45) is 1.16. The standard InChI is InChI=1S/C15H21NO3/c1-4-12(13-7-5-10(2)6-8-13)9-14(17)16-11(3)15(18)19/h5-8,11-12H,4,9H2,1-3H3,(H,16,17)(H,18,19)/t11-,12?/m0/s1. The lowest BCUT2D eigenvalue weighted by molar-refractivity contribution is -0.141. The molecule has 2 N–H and O–H groups in total. The molecule has 0 bridgehead atoms. The second-order valence-corrected chi connectivity index (χ2v) is 4.85. The summed E-state index contributed by atoms with van der Waals surface area (Å²) in [5.41, 5.74) is 2.30. The third-order valence-corrected chi connectivity index (χ3v) is 3.22. The van der Waals surface area contributed by atoms with Gasteiger partial charge in [0.05, 0.1) is 0 Å². The summed E-state index contributed by atoms with van der Waals surface area (Å²) in [6, 6.07) is 7.25. The van der Waals surface area contributed by atoms with Crippen LogP contribution >= 0.6 is 0 Å². The number of benzene rings is 1. The van der Waals surface area contributed by atoms with Crippen molar-refractivity contribution >= 4 is 11.9 Å². The number of carbonyl (C=O) groups is 2. The second kappa shape index (κ2) is 6.92. The first-order valence-electron chi connectivity index (χ1n) is 6.52. The van der Waals surface area contributed by atoms with Crippen LogP contribution in [-0.4, -0.2) is 23.0 Å². The van der Waals surface area contributed by atoms with Gasteiger partial charge >= 0.3 is 5.97 Å². The van der Waals surface area contributed by atoms with Crippen molar-refractivity contribution in [3.63, 3.8) is 0 Å². The fraction of sp³-hybridized carbons (Fsp3) is 0.467. The number of aliphatic carboxylic acids is 1. The maximum Gasteiger partial charge on any atom is 0.325 e. The number of hydrogen-bond acceptors (Lipinski definition) is 2. The Kier molecular flexibility index (Phi) is 5.55. The van der Waals surface area contributed by atoms with E-state index in [4.69, 9.17) is 5.11 Å². The van der Waals surface area contributed by atoms with Crippen molar-refractivity contribution < 1.29 is 14.7 Å². The second-order valence-electron chi connectivity index (χ2n) is 4.85. The number of nitrogens with one attached hydrogen (secondary N) is 1. The Balaban J connectivity index is 2.64. The van der Waals surface area contributed by atoms with Gasteiger partial charge in [-0.25, -0.2) is 0 Å². The van der Waals surface area contributed by atoms with E-state index >= 15 is 0 Å². The monoisotopic (exact) mass is 263 g/mol. The van der Waals surface area contributed by atoms with Gasteiger partial charge in [0.2, 0.25) is 5.91 Å². The van der Waals surface area contributed by atoms with Gasteiger partial charge in [-0.1, -0.05) is 36.8 Å². The molecule has 1 amide bonds. The van der Waals surface area contributed by atoms with E-state index in [2.05, 4.69) is 5.32 Å². The van der Waals surface area contributed by atoms with Crippen molar-refractivity contribution in [3.8, 4) is 0 Å². The molecule has 0 aliphatic carbocycles. The molecule has 4 heteroatoms. The van der Waals surface area contributed by atoms with Gasteiger partial charge in [-0.2, -0.15) is 0 Å². The third kappa shape index (κ3) is 4.73. The zero-order chi connectivity index (χ0) is 14.4. The predicted molar refractivity (Wildman–Crippen MR) is 74.1 cm³/mol. The minimum absolute atomic E-state index is 0.126. The fourth-order valence-corrected chi connectivity index (χ4v) is 1.92. The summed E-state index contributed by atoms with van der Waals surface area (Å²) in [5.74, 6) is -1.11. The molecule has 0 heterocycles. The number of rotatable bonds is 6. The van der Waals surface area contributed by atoms with E-state index in [0.29, 0.717) is 6.42 Å². The molecule has 0 aromatic heterocycles. The Labute approximate surface area is 113 Å². The molecule has 104 valence electrons. The number of amides is 1. The summed E-state index contributed by atoms with van der Waals surface area (Å²) < 4.78 is 0. The van der Waals surface area contributed by atoms with E-state index in [9.17, 15) is 9.59 Å². The first kappa shape index (κ1) is 15.2. The van der Waals surface area contributed by atoms with Gasteiger partial charge in [-0.05, 0) is 31.7 Å². The van der Waals surface area contributed by atoms with Crippen LogP contribution in [0.25, 0.3) is 0 Å². The van der Waals surface area contributed by atoms with Crippen LogP contribution in [0.2, 0.25) is 0 Å². The van der Waals surface area contributed by atoms with E-state index in [1.165, 1.54) is 12.5 Å². The van der Waals surface area contributed by atoms with E-state index < -0.39 is 12.0 Å². The third-order valence-electron chi connectivity index (χ3n) is 3.22. The zero-order valence-corrected chi connectivity index (χ0v) is 11.6. The predicted octanol–water partition coefficient (Wildman–Crippen LogP) is 2.47. The minimum atomic E-state index is -1.02. The lowest BCUT2D eigenvalue weighted by atomic mass is 9.92. The SMILES string of the molecule is CCC(CC(=O)N[C@@H](C)C(=O)O)c1ccc(C)cc1. The molecule has 1 rings (SSSR count). The van der Waals surface area contributed by atoms with Gasteiger partial charge in [-0.3, -0.25) is 9.59 Å². The number of carboxylic acids is 1. The highest BCUT2D eigenvalue weighted by atomic mass is 16.4. The topological polar surface area (TPSA) is 66.4 Å². The van der Waals surface area contributed by atoms with Crippen LogP contribution in [0.3, 0.4) is 0 Å². The van der Waals surface area contributed by atoms with Crippen molar-refractivity contribution in [2.75, 3.05) is 0 Å². The maximum absolute atomic E-state index is 11.8. The van der Waals surface area contributed by atoms with E-state index in [0.717, 1.165) is 12.0 Å². The first-order valence-corrected chi connectivity index (χ1v) is 6.52. The zero-order valence-electron chi connectivity index (χ0n) is 11.6. The Morgan fingerprint density at radius 1 is 1.26 bits per heavy atom. The molecule has 1 aromatic rings. The molecule has 0 radical (unpaired) electrons. The lowest BCUT2D eigenvalue weighted by Crippen LogP contribution is -2.38. The summed E-state index contributed by atoms with van der Waals surface area (Å²) in [4.78, 5) is 22.5. The Bertz CT molecular complexity index is 439. The van der Waals surface area contributed by atoms with E-state index in [-0.39, 0.29) is 11.8 Å². The lowest BCUT2D eigenvalue weighted by Gasteiger charge is -2.16. The molecular weight excluding hydrogens is 242 g/mol. The van der Waals surface area contributed by atoms with Gasteiger partial charge < -0.3 is 10.4 Å². The summed E-state index contributed by atoms with van der Waals surface area (Å²) in [6.45, 7) is 5.51. The van der Waals surface area contributed by atoms with Crippen LogP contribution in [0.1, 0.15) is 43.7 Å². The molecule has 0 aliphatic heterocycles. The summed E-state index contributed by atoms with van der Waals surface area (Å²) in [5, 5.41) is 11.2. The van der Waals surface area contributed by atoms with Crippen LogP contribution in [-0.2, 0) is 9.59 Å². The molecule has 0 fully saturated rings. The molecule has 0 spiro atoms. The van der Waals surface area contributed by atoms with Crippen molar-refractivity contribution in [2.24, 2.45) is 0 Å². The molecule has 0 saturated carbocycles. The molecule has 1 unspecified atom stereocenters. The van der Waals surface area contributed by atoms with Gasteiger partial charge in [0, 0.05) is 6.42 Å². The van der Waals surface area contributed by atoms with E-state index in [1.807, 2.05) is 38.1 Å². The molecule has 2 atom stereocenters. The molecule has 0 aliphatic rings. The highest BCUT2D eigenvalue weighted by Crippen LogP contribution is 2.23. The first-order chi connectivity index (χ1) is 8.93. The summed E-state index contributed by atoms with van der Waals surface area (Å²) >= 11 is 0. The Morgan fingerprint density at radius 2 is 1.84 bits per heavy atom. The Hall–Kier alpha value is -1.84. The van der Waals surface area contributed by atoms with E-state index in [1.54, 1.807) is 0 Å². The molecule has 19 heavy (non-hydrogen) atoms. The average Bonchev–Trinajstić information content (AvgIpc) is 2.37. The van der Waals surface area contributed by atoms with Gasteiger partial charge in [0.15, 0.2) is 0 Å². The van der Waals surface area contributed by atoms with Crippen LogP contribution in [0.4, 0.5) is 0 Å². The highest BCUT2D eigenvalue weighted by molar-refractivity contribution is 5.83. The maximum atomic E-state index is 11.8. The number of aryl methyl sites for hydroxylation is 1. The van der Waals surface area contributed by atoms with Crippen molar-refractivity contribution in [2.45, 2.75) is 45.6 Å². The smallest absolute Gasteiger partial charge is 0.325 e. The quantitative estimate of drug-likeness (QED) is 0.828. The molecule has 4 nitrogen and oxygen atoms in total. The minimum Gasteiger partial charge on any atom is -0.480 e. The summed E-state index contributed by atoms with van der Waals surface area (Å²) in [7, 11) is 0. The fourth-order valence-electron chi connectivity index (χ4n) is 1.92. The van der Waals surface area contributed by atoms with Crippen LogP contribution in [0.5, 0.6) is 0 Å². The molecule has 1 aromatic carbocycles. The van der Waals surface area contributed by atoms with Crippen molar-refractivity contribution in [3.05, 3.63) is 35.4 Å². The number of carboxylic acid groups (broad SMARTS) is 1. The molecular formula is C15H21NO3. The number of hydrogen-bond donors (Lipinski definition) is 2. The highest BCUT2D eigenvalue weighted by Gasteiger charge is 2.18. The van der Waals surface area contributed by atoms with Crippen LogP contribution in [0.15, 0.2) is 24.3 Å².